The van der Waals surface area contributed by atoms with E-state index in [9.17, 15) is 9.90 Å². The Hall–Kier alpha value is -2.24. The molecule has 0 spiro atoms. The van der Waals surface area contributed by atoms with Gasteiger partial charge in [-0.1, -0.05) is 30.3 Å². The molecule has 0 saturated carbocycles. The fourth-order valence-electron chi connectivity index (χ4n) is 1.89. The van der Waals surface area contributed by atoms with Crippen LogP contribution in [0, 0.1) is 0 Å². The summed E-state index contributed by atoms with van der Waals surface area (Å²) < 4.78 is 5.65. The van der Waals surface area contributed by atoms with Crippen LogP contribution in [-0.2, 0) is 6.54 Å². The van der Waals surface area contributed by atoms with Crippen LogP contribution in [-0.4, -0.2) is 17.2 Å². The van der Waals surface area contributed by atoms with Gasteiger partial charge in [0.2, 0.25) is 0 Å². The molecule has 2 aromatic carbocycles. The zero-order chi connectivity index (χ0) is 15.2. The minimum atomic E-state index is -0.692. The van der Waals surface area contributed by atoms with Crippen LogP contribution in [0.15, 0.2) is 48.5 Å². The molecule has 1 atom stereocenters. The van der Waals surface area contributed by atoms with Crippen LogP contribution in [0.5, 0.6) is 11.5 Å². The molecule has 0 radical (unpaired) electrons. The summed E-state index contributed by atoms with van der Waals surface area (Å²) in [6.07, 6.45) is -0.254. The molecule has 0 aliphatic carbocycles. The fraction of sp³-hybridized carbons (Fsp3) is 0.188. The number of hydrogen-bond donors (Lipinski definition) is 3. The number of amides is 1. The monoisotopic (exact) mass is 322 g/mol. The van der Waals surface area contributed by atoms with Gasteiger partial charge in [-0.15, -0.1) is 12.4 Å². The predicted octanol–water partition coefficient (Wildman–Crippen LogP) is 2.43. The summed E-state index contributed by atoms with van der Waals surface area (Å²) in [5, 5.41) is 12.7. The van der Waals surface area contributed by atoms with Gasteiger partial charge < -0.3 is 15.6 Å². The van der Waals surface area contributed by atoms with Crippen LogP contribution in [0.3, 0.4) is 0 Å². The molecule has 6 heteroatoms. The number of carbonyl (C=O) groups excluding carboxylic acids is 1. The van der Waals surface area contributed by atoms with Gasteiger partial charge in [-0.2, -0.15) is 0 Å². The maximum atomic E-state index is 11.2. The van der Waals surface area contributed by atoms with Gasteiger partial charge >= 0.3 is 0 Å². The number of nitrogens with two attached hydrogens (primary N) is 1. The Bertz CT molecular complexity index is 620. The number of nitrogens with one attached hydrogen (secondary N) is 1. The van der Waals surface area contributed by atoms with Gasteiger partial charge in [0, 0.05) is 6.54 Å². The highest BCUT2D eigenvalue weighted by Crippen LogP contribution is 2.23. The summed E-state index contributed by atoms with van der Waals surface area (Å²) in [7, 11) is 0. The lowest BCUT2D eigenvalue weighted by atomic mass is 10.2. The highest BCUT2D eigenvalue weighted by Gasteiger charge is 2.10. The van der Waals surface area contributed by atoms with Crippen LogP contribution in [0.4, 0.5) is 0 Å². The van der Waals surface area contributed by atoms with Crippen LogP contribution < -0.4 is 15.8 Å². The Kier molecular flexibility index (Phi) is 6.69. The van der Waals surface area contributed by atoms with Gasteiger partial charge in [-0.25, -0.2) is 0 Å². The number of benzene rings is 2. The van der Waals surface area contributed by atoms with Crippen molar-refractivity contribution in [2.45, 2.75) is 19.7 Å². The lowest BCUT2D eigenvalue weighted by molar-refractivity contribution is 0.0996. The number of ether oxygens (including phenoxy) is 1. The smallest absolute Gasteiger partial charge is 0.252 e. The van der Waals surface area contributed by atoms with Gasteiger partial charge in [-0.05, 0) is 30.7 Å². The summed E-state index contributed by atoms with van der Waals surface area (Å²) >= 11 is 0. The number of phenols is 1. The molecule has 0 fully saturated rings. The highest BCUT2D eigenvalue weighted by atomic mass is 35.5. The third-order valence-corrected chi connectivity index (χ3v) is 2.98. The van der Waals surface area contributed by atoms with E-state index < -0.39 is 5.91 Å². The van der Waals surface area contributed by atoms with E-state index in [0.717, 1.165) is 5.56 Å². The zero-order valence-electron chi connectivity index (χ0n) is 12.2. The summed E-state index contributed by atoms with van der Waals surface area (Å²) in [6, 6.07) is 14.4. The van der Waals surface area contributed by atoms with Crippen molar-refractivity contribution >= 4 is 18.3 Å². The highest BCUT2D eigenvalue weighted by molar-refractivity contribution is 5.95. The maximum Gasteiger partial charge on any atom is 0.252 e. The van der Waals surface area contributed by atoms with Crippen molar-refractivity contribution in [2.24, 2.45) is 5.73 Å². The molecular formula is C16H19ClN2O3. The minimum Gasteiger partial charge on any atom is -0.507 e. The molecule has 0 aliphatic heterocycles. The second kappa shape index (κ2) is 8.26. The molecule has 1 amide bonds. The van der Waals surface area contributed by atoms with Crippen molar-refractivity contribution in [1.29, 1.82) is 0 Å². The second-order valence-corrected chi connectivity index (χ2v) is 4.67. The first-order chi connectivity index (χ1) is 10.1. The number of aromatic hydroxyl groups is 1. The Morgan fingerprint density at radius 3 is 2.59 bits per heavy atom. The number of rotatable bonds is 6. The lowest BCUT2D eigenvalue weighted by Gasteiger charge is -2.17. The lowest BCUT2D eigenvalue weighted by Crippen LogP contribution is -2.31. The van der Waals surface area contributed by atoms with E-state index in [4.69, 9.17) is 10.5 Å². The molecule has 0 aromatic heterocycles. The number of primary amides is 1. The topological polar surface area (TPSA) is 84.6 Å². The van der Waals surface area contributed by atoms with E-state index in [1.807, 2.05) is 37.3 Å². The van der Waals surface area contributed by atoms with E-state index >= 15 is 0 Å². The summed E-state index contributed by atoms with van der Waals surface area (Å²) in [5.41, 5.74) is 6.37. The first kappa shape index (κ1) is 17.8. The number of carbonyl (C=O) groups is 1. The SMILES string of the molecule is CC(NCc1ccccc1)Oc1ccc(O)c(C(N)=O)c1.Cl. The van der Waals surface area contributed by atoms with Gasteiger partial charge in [0.05, 0.1) is 5.56 Å². The quantitative estimate of drug-likeness (QED) is 0.713. The molecule has 118 valence electrons. The molecule has 2 aromatic rings. The molecule has 0 heterocycles. The first-order valence-corrected chi connectivity index (χ1v) is 6.63. The van der Waals surface area contributed by atoms with Crippen LogP contribution in [0.2, 0.25) is 0 Å². The minimum absolute atomic E-state index is 0. The predicted molar refractivity (Wildman–Crippen MR) is 87.2 cm³/mol. The van der Waals surface area contributed by atoms with E-state index in [2.05, 4.69) is 5.32 Å². The van der Waals surface area contributed by atoms with Crippen molar-refractivity contribution in [1.82, 2.24) is 5.32 Å². The van der Waals surface area contributed by atoms with E-state index in [1.165, 1.54) is 12.1 Å². The summed E-state index contributed by atoms with van der Waals surface area (Å²) in [4.78, 5) is 11.2. The average Bonchev–Trinajstić information content (AvgIpc) is 2.48. The first-order valence-electron chi connectivity index (χ1n) is 6.63. The third-order valence-electron chi connectivity index (χ3n) is 2.98. The Labute approximate surface area is 135 Å². The zero-order valence-corrected chi connectivity index (χ0v) is 13.0. The van der Waals surface area contributed by atoms with Gasteiger partial charge in [0.15, 0.2) is 0 Å². The van der Waals surface area contributed by atoms with Gasteiger partial charge in [-0.3, -0.25) is 10.1 Å². The summed E-state index contributed by atoms with van der Waals surface area (Å²) in [6.45, 7) is 2.53. The number of hydrogen-bond acceptors (Lipinski definition) is 4. The van der Waals surface area contributed by atoms with Crippen molar-refractivity contribution in [3.63, 3.8) is 0 Å². The van der Waals surface area contributed by atoms with E-state index in [-0.39, 0.29) is 29.9 Å². The standard InChI is InChI=1S/C16H18N2O3.ClH/c1-11(18-10-12-5-3-2-4-6-12)21-13-7-8-15(19)14(9-13)16(17)20;/h2-9,11,18-19H,10H2,1H3,(H2,17,20);1H. The van der Waals surface area contributed by atoms with Crippen molar-refractivity contribution in [2.75, 3.05) is 0 Å². The molecule has 0 bridgehead atoms. The maximum absolute atomic E-state index is 11.2. The number of halogens is 1. The third kappa shape index (κ3) is 4.95. The van der Waals surface area contributed by atoms with Crippen LogP contribution >= 0.6 is 12.4 Å². The molecule has 22 heavy (non-hydrogen) atoms. The Morgan fingerprint density at radius 1 is 1.27 bits per heavy atom. The fourth-order valence-corrected chi connectivity index (χ4v) is 1.89. The molecule has 0 aliphatic rings. The Morgan fingerprint density at radius 2 is 1.95 bits per heavy atom. The van der Waals surface area contributed by atoms with E-state index in [1.54, 1.807) is 6.07 Å². The van der Waals surface area contributed by atoms with E-state index in [0.29, 0.717) is 12.3 Å². The van der Waals surface area contributed by atoms with Crippen molar-refractivity contribution in [3.05, 3.63) is 59.7 Å². The van der Waals surface area contributed by atoms with Crippen molar-refractivity contribution in [3.8, 4) is 11.5 Å². The van der Waals surface area contributed by atoms with Crippen LogP contribution in [0.1, 0.15) is 22.8 Å². The molecular weight excluding hydrogens is 304 g/mol. The molecule has 2 rings (SSSR count). The second-order valence-electron chi connectivity index (χ2n) is 4.67. The van der Waals surface area contributed by atoms with Gasteiger partial charge in [0.1, 0.15) is 17.7 Å². The van der Waals surface area contributed by atoms with Gasteiger partial charge in [0.25, 0.3) is 5.91 Å². The Balaban J connectivity index is 0.00000242. The average molecular weight is 323 g/mol. The molecule has 4 N–H and O–H groups in total. The molecule has 1 unspecified atom stereocenters. The largest absolute Gasteiger partial charge is 0.507 e. The summed E-state index contributed by atoms with van der Waals surface area (Å²) in [5.74, 6) is -0.378. The van der Waals surface area contributed by atoms with Crippen molar-refractivity contribution < 1.29 is 14.6 Å². The van der Waals surface area contributed by atoms with Crippen LogP contribution in [0.25, 0.3) is 0 Å². The molecule has 5 nitrogen and oxygen atoms in total. The normalized spacial score (nSPS) is 11.3. The molecule has 0 saturated heterocycles.